The second kappa shape index (κ2) is 7.98. The second-order valence-electron chi connectivity index (χ2n) is 6.72. The van der Waals surface area contributed by atoms with Crippen molar-refractivity contribution < 1.29 is 31.2 Å². The number of hydrogen-bond acceptors (Lipinski definition) is 4. The van der Waals surface area contributed by atoms with Gasteiger partial charge in [0.15, 0.2) is 0 Å². The molecule has 0 spiro atoms. The molecule has 1 aliphatic rings. The van der Waals surface area contributed by atoms with E-state index in [4.69, 9.17) is 0 Å². The van der Waals surface area contributed by atoms with Gasteiger partial charge in [-0.15, -0.1) is 0 Å². The smallest absolute Gasteiger partial charge is 0.318 e. The van der Waals surface area contributed by atoms with Gasteiger partial charge < -0.3 is 10.6 Å². The summed E-state index contributed by atoms with van der Waals surface area (Å²) in [5, 5.41) is 4.62. The van der Waals surface area contributed by atoms with Gasteiger partial charge in [0, 0.05) is 17.9 Å². The van der Waals surface area contributed by atoms with Crippen LogP contribution in [0.4, 0.5) is 30.2 Å². The Balaban J connectivity index is 1.71. The number of nitrogens with one attached hydrogen (secondary N) is 2. The Bertz CT molecular complexity index is 1080. The highest BCUT2D eigenvalue weighted by Gasteiger charge is 2.30. The van der Waals surface area contributed by atoms with Crippen LogP contribution in [0.2, 0.25) is 0 Å². The Hall–Kier alpha value is -3.08. The Morgan fingerprint density at radius 1 is 1.00 bits per heavy atom. The molecule has 0 saturated carbocycles. The van der Waals surface area contributed by atoms with Gasteiger partial charge in [0.05, 0.1) is 17.0 Å². The molecule has 2 N–H and O–H groups in total. The first-order chi connectivity index (χ1) is 14.0. The average molecular weight is 441 g/mol. The van der Waals surface area contributed by atoms with Crippen molar-refractivity contribution in [1.29, 1.82) is 0 Å². The van der Waals surface area contributed by atoms with Crippen molar-refractivity contribution in [3.8, 4) is 0 Å². The predicted molar refractivity (Wildman–Crippen MR) is 106 cm³/mol. The van der Waals surface area contributed by atoms with Crippen molar-refractivity contribution in [3.63, 3.8) is 0 Å². The molecule has 2 aromatic rings. The Kier molecular flexibility index (Phi) is 5.75. The zero-order valence-electron chi connectivity index (χ0n) is 15.8. The summed E-state index contributed by atoms with van der Waals surface area (Å²) in [6.07, 6.45) is -4.02. The highest BCUT2D eigenvalue weighted by atomic mass is 32.2. The van der Waals surface area contributed by atoms with Crippen LogP contribution in [0.3, 0.4) is 0 Å². The van der Waals surface area contributed by atoms with Crippen LogP contribution in [0.15, 0.2) is 42.5 Å². The van der Waals surface area contributed by atoms with Gasteiger partial charge in [0.25, 0.3) is 0 Å². The van der Waals surface area contributed by atoms with Crippen LogP contribution in [0.1, 0.15) is 17.5 Å². The minimum atomic E-state index is -4.51. The maximum absolute atomic E-state index is 12.6. The van der Waals surface area contributed by atoms with Crippen LogP contribution in [-0.2, 0) is 25.8 Å². The number of anilines is 3. The minimum Gasteiger partial charge on any atom is -0.318 e. The number of benzene rings is 2. The van der Waals surface area contributed by atoms with E-state index in [0.29, 0.717) is 24.2 Å². The van der Waals surface area contributed by atoms with Gasteiger partial charge in [-0.05, 0) is 55.3 Å². The van der Waals surface area contributed by atoms with E-state index in [0.717, 1.165) is 24.3 Å². The maximum atomic E-state index is 12.6. The van der Waals surface area contributed by atoms with Gasteiger partial charge in [-0.2, -0.15) is 13.2 Å². The molecule has 1 aliphatic heterocycles. The number of carbonyl (C=O) groups is 2. The molecule has 2 aromatic carbocycles. The van der Waals surface area contributed by atoms with E-state index in [9.17, 15) is 31.2 Å². The molecular formula is C19H18F3N3O4S. The summed E-state index contributed by atoms with van der Waals surface area (Å²) in [4.78, 5) is 24.3. The van der Waals surface area contributed by atoms with Gasteiger partial charge >= 0.3 is 18.0 Å². The van der Waals surface area contributed by atoms with Crippen molar-refractivity contribution in [2.24, 2.45) is 0 Å². The quantitative estimate of drug-likeness (QED) is 0.716. The number of carbonyl (C=O) groups excluding carboxylic acids is 2. The summed E-state index contributed by atoms with van der Waals surface area (Å²) in [7, 11) is -3.41. The summed E-state index contributed by atoms with van der Waals surface area (Å²) in [5.74, 6) is -2.08. The van der Waals surface area contributed by atoms with Crippen molar-refractivity contribution in [3.05, 3.63) is 53.6 Å². The lowest BCUT2D eigenvalue weighted by atomic mass is 10.1. The fraction of sp³-hybridized carbons (Fsp3) is 0.263. The molecule has 7 nitrogen and oxygen atoms in total. The number of nitrogens with zero attached hydrogens (tertiary/aromatic N) is 1. The molecule has 0 bridgehead atoms. The molecule has 1 heterocycles. The predicted octanol–water partition coefficient (Wildman–Crippen LogP) is 3.13. The summed E-state index contributed by atoms with van der Waals surface area (Å²) >= 11 is 0. The molecule has 160 valence electrons. The van der Waals surface area contributed by atoms with Crippen molar-refractivity contribution >= 4 is 38.9 Å². The molecule has 0 atom stereocenters. The minimum absolute atomic E-state index is 0.0248. The van der Waals surface area contributed by atoms with Gasteiger partial charge in [-0.1, -0.05) is 6.07 Å². The van der Waals surface area contributed by atoms with Crippen LogP contribution in [0.5, 0.6) is 0 Å². The van der Waals surface area contributed by atoms with Crippen LogP contribution in [0.25, 0.3) is 0 Å². The maximum Gasteiger partial charge on any atom is 0.416 e. The fourth-order valence-electron chi connectivity index (χ4n) is 2.94. The third-order valence-corrected chi connectivity index (χ3v) is 6.40. The van der Waals surface area contributed by atoms with Crippen LogP contribution in [-0.4, -0.2) is 32.5 Å². The van der Waals surface area contributed by atoms with E-state index >= 15 is 0 Å². The Labute approximate surface area is 170 Å². The van der Waals surface area contributed by atoms with E-state index in [2.05, 4.69) is 10.6 Å². The first kappa shape index (κ1) is 21.6. The van der Waals surface area contributed by atoms with Gasteiger partial charge in [-0.3, -0.25) is 13.9 Å². The number of halogens is 3. The molecule has 0 unspecified atom stereocenters. The lowest BCUT2D eigenvalue weighted by Crippen LogP contribution is -2.30. The molecule has 1 saturated heterocycles. The fourth-order valence-corrected chi connectivity index (χ4v) is 4.50. The summed E-state index contributed by atoms with van der Waals surface area (Å²) in [6, 6.07) is 8.34. The lowest BCUT2D eigenvalue weighted by Gasteiger charge is -2.19. The lowest BCUT2D eigenvalue weighted by molar-refractivity contribution is -0.137. The Morgan fingerprint density at radius 2 is 1.63 bits per heavy atom. The number of alkyl halides is 3. The number of sulfonamides is 1. The first-order valence-corrected chi connectivity index (χ1v) is 10.5. The number of amides is 2. The number of hydrogen-bond donors (Lipinski definition) is 2. The average Bonchev–Trinajstić information content (AvgIpc) is 3.02. The van der Waals surface area contributed by atoms with Crippen molar-refractivity contribution in [1.82, 2.24) is 0 Å². The molecule has 0 aliphatic carbocycles. The highest BCUT2D eigenvalue weighted by molar-refractivity contribution is 7.93. The zero-order valence-corrected chi connectivity index (χ0v) is 16.6. The van der Waals surface area contributed by atoms with Crippen molar-refractivity contribution in [2.75, 3.05) is 27.2 Å². The van der Waals surface area contributed by atoms with E-state index in [1.165, 1.54) is 10.4 Å². The van der Waals surface area contributed by atoms with Gasteiger partial charge in [0.2, 0.25) is 10.0 Å². The van der Waals surface area contributed by atoms with Crippen LogP contribution >= 0.6 is 0 Å². The van der Waals surface area contributed by atoms with Gasteiger partial charge in [-0.25, -0.2) is 8.42 Å². The molecule has 2 amide bonds. The summed E-state index contributed by atoms with van der Waals surface area (Å²) in [5.41, 5.74) is 0.371. The first-order valence-electron chi connectivity index (χ1n) is 8.88. The third-order valence-electron chi connectivity index (χ3n) is 4.53. The number of aryl methyl sites for hydroxylation is 1. The van der Waals surface area contributed by atoms with E-state index in [1.54, 1.807) is 19.1 Å². The topological polar surface area (TPSA) is 95.6 Å². The zero-order chi connectivity index (χ0) is 22.1. The Morgan fingerprint density at radius 3 is 2.20 bits per heavy atom. The number of rotatable bonds is 3. The SMILES string of the molecule is Cc1ccc(N2CCCS2(=O)=O)cc1NC(=O)C(=O)Nc1ccc(C(F)(F)F)cc1. The van der Waals surface area contributed by atoms with Crippen LogP contribution < -0.4 is 14.9 Å². The molecule has 0 aromatic heterocycles. The van der Waals surface area contributed by atoms with Gasteiger partial charge in [0.1, 0.15) is 0 Å². The summed E-state index contributed by atoms with van der Waals surface area (Å²) < 4.78 is 63.2. The molecular weight excluding hydrogens is 423 g/mol. The highest BCUT2D eigenvalue weighted by Crippen LogP contribution is 2.30. The standard InChI is InChI=1S/C19H18F3N3O4S/c1-12-3-8-15(25-9-2-10-30(25,28)29)11-16(12)24-18(27)17(26)23-14-6-4-13(5-7-14)19(20,21)22/h3-8,11H,2,9-10H2,1H3,(H,23,26)(H,24,27). The van der Waals surface area contributed by atoms with Crippen molar-refractivity contribution in [2.45, 2.75) is 19.5 Å². The molecule has 11 heteroatoms. The monoisotopic (exact) mass is 441 g/mol. The molecule has 30 heavy (non-hydrogen) atoms. The molecule has 3 rings (SSSR count). The molecule has 1 fully saturated rings. The normalized spacial score (nSPS) is 15.7. The second-order valence-corrected chi connectivity index (χ2v) is 8.74. The van der Waals surface area contributed by atoms with E-state index < -0.39 is 33.6 Å². The van der Waals surface area contributed by atoms with Crippen LogP contribution in [0, 0.1) is 6.92 Å². The third kappa shape index (κ3) is 4.73. The summed E-state index contributed by atoms with van der Waals surface area (Å²) in [6.45, 7) is 2.00. The van der Waals surface area contributed by atoms with E-state index in [-0.39, 0.29) is 17.1 Å². The largest absolute Gasteiger partial charge is 0.416 e. The van der Waals surface area contributed by atoms with E-state index in [1.807, 2.05) is 0 Å². The molecule has 0 radical (unpaired) electrons.